The predicted molar refractivity (Wildman–Crippen MR) is 80.9 cm³/mol. The first-order valence-electron chi connectivity index (χ1n) is 6.02. The molecule has 0 aromatic heterocycles. The Morgan fingerprint density at radius 3 is 2.85 bits per heavy atom. The number of carboxylic acids is 1. The second kappa shape index (κ2) is 8.28. The fourth-order valence-electron chi connectivity index (χ4n) is 1.47. The molecule has 0 unspecified atom stereocenters. The lowest BCUT2D eigenvalue weighted by atomic mass is 10.2. The van der Waals surface area contributed by atoms with E-state index < -0.39 is 5.97 Å². The minimum atomic E-state index is -1.01. The summed E-state index contributed by atoms with van der Waals surface area (Å²) in [7, 11) is 0. The molecule has 5 heteroatoms. The van der Waals surface area contributed by atoms with Gasteiger partial charge in [-0.3, -0.25) is 0 Å². The highest BCUT2D eigenvalue weighted by atomic mass is 79.9. The Kier molecular flexibility index (Phi) is 6.68. The monoisotopic (exact) mass is 338 g/mol. The first kappa shape index (κ1) is 16.1. The highest BCUT2D eigenvalue weighted by Gasteiger charge is 2.11. The van der Waals surface area contributed by atoms with Crippen LogP contribution in [0.1, 0.15) is 18.9 Å². The molecule has 1 rings (SSSR count). The van der Waals surface area contributed by atoms with Gasteiger partial charge in [0.15, 0.2) is 11.5 Å². The molecule has 1 N–H and O–H groups in total. The zero-order valence-electron chi connectivity index (χ0n) is 11.1. The minimum Gasteiger partial charge on any atom is -0.490 e. The van der Waals surface area contributed by atoms with Crippen molar-refractivity contribution in [1.82, 2.24) is 0 Å². The Morgan fingerprint density at radius 1 is 1.50 bits per heavy atom. The Bertz CT molecular complexity index is 544. The summed E-state index contributed by atoms with van der Waals surface area (Å²) in [5.41, 5.74) is 0.701. The van der Waals surface area contributed by atoms with Crippen LogP contribution in [0.2, 0.25) is 0 Å². The number of benzene rings is 1. The Balaban J connectivity index is 3.05. The molecule has 0 heterocycles. The minimum absolute atomic E-state index is 0.388. The average molecular weight is 339 g/mol. The van der Waals surface area contributed by atoms with Crippen molar-refractivity contribution in [2.75, 3.05) is 13.2 Å². The zero-order chi connectivity index (χ0) is 15.0. The van der Waals surface area contributed by atoms with Crippen LogP contribution in [0.3, 0.4) is 0 Å². The second-order valence-corrected chi connectivity index (χ2v) is 4.59. The fourth-order valence-corrected chi connectivity index (χ4v) is 2.04. The second-order valence-electron chi connectivity index (χ2n) is 3.74. The predicted octanol–water partition coefficient (Wildman–Crippen LogP) is 3.35. The maximum absolute atomic E-state index is 10.5. The SMILES string of the molecule is C#CCCOc1c(Br)cc(C=CC(=O)O)cc1OCC. The van der Waals surface area contributed by atoms with Gasteiger partial charge in [-0.1, -0.05) is 0 Å². The summed E-state index contributed by atoms with van der Waals surface area (Å²) in [5.74, 6) is 2.60. The quantitative estimate of drug-likeness (QED) is 0.470. The molecular formula is C15H15BrO4. The van der Waals surface area contributed by atoms with E-state index >= 15 is 0 Å². The number of ether oxygens (including phenoxy) is 2. The summed E-state index contributed by atoms with van der Waals surface area (Å²) >= 11 is 3.39. The highest BCUT2D eigenvalue weighted by molar-refractivity contribution is 9.10. The molecular weight excluding hydrogens is 324 g/mol. The van der Waals surface area contributed by atoms with Gasteiger partial charge in [0.25, 0.3) is 0 Å². The van der Waals surface area contributed by atoms with Crippen molar-refractivity contribution in [3.8, 4) is 23.8 Å². The van der Waals surface area contributed by atoms with Crippen LogP contribution in [0.15, 0.2) is 22.7 Å². The third kappa shape index (κ3) is 4.98. The van der Waals surface area contributed by atoms with E-state index in [0.29, 0.717) is 41.2 Å². The molecule has 1 aromatic carbocycles. The summed E-state index contributed by atoms with van der Waals surface area (Å²) in [4.78, 5) is 10.5. The molecule has 0 fully saturated rings. The van der Waals surface area contributed by atoms with Crippen LogP contribution in [-0.4, -0.2) is 24.3 Å². The summed E-state index contributed by atoms with van der Waals surface area (Å²) in [5, 5.41) is 8.64. The van der Waals surface area contributed by atoms with Gasteiger partial charge in [0.05, 0.1) is 17.7 Å². The molecule has 0 atom stereocenters. The van der Waals surface area contributed by atoms with Crippen molar-refractivity contribution in [2.45, 2.75) is 13.3 Å². The average Bonchev–Trinajstić information content (AvgIpc) is 2.39. The Labute approximate surface area is 126 Å². The summed E-state index contributed by atoms with van der Waals surface area (Å²) < 4.78 is 11.8. The van der Waals surface area contributed by atoms with Gasteiger partial charge in [0, 0.05) is 12.5 Å². The van der Waals surface area contributed by atoms with E-state index in [1.807, 2.05) is 6.92 Å². The van der Waals surface area contributed by atoms with Gasteiger partial charge in [-0.2, -0.15) is 0 Å². The van der Waals surface area contributed by atoms with E-state index in [1.54, 1.807) is 12.1 Å². The topological polar surface area (TPSA) is 55.8 Å². The van der Waals surface area contributed by atoms with Gasteiger partial charge in [0.1, 0.15) is 0 Å². The molecule has 0 amide bonds. The van der Waals surface area contributed by atoms with E-state index in [1.165, 1.54) is 6.08 Å². The molecule has 4 nitrogen and oxygen atoms in total. The normalized spacial score (nSPS) is 10.2. The van der Waals surface area contributed by atoms with Gasteiger partial charge in [0.2, 0.25) is 0 Å². The van der Waals surface area contributed by atoms with Crippen LogP contribution in [0.5, 0.6) is 11.5 Å². The Morgan fingerprint density at radius 2 is 2.25 bits per heavy atom. The molecule has 0 saturated heterocycles. The van der Waals surface area contributed by atoms with Crippen molar-refractivity contribution >= 4 is 28.0 Å². The van der Waals surface area contributed by atoms with E-state index in [2.05, 4.69) is 21.9 Å². The first-order chi connectivity index (χ1) is 9.58. The van der Waals surface area contributed by atoms with Crippen LogP contribution in [0.4, 0.5) is 0 Å². The highest BCUT2D eigenvalue weighted by Crippen LogP contribution is 2.37. The van der Waals surface area contributed by atoms with Gasteiger partial charge in [-0.25, -0.2) is 4.79 Å². The lowest BCUT2D eigenvalue weighted by Crippen LogP contribution is -2.01. The number of carbonyl (C=O) groups is 1. The van der Waals surface area contributed by atoms with Crippen molar-refractivity contribution in [2.24, 2.45) is 0 Å². The van der Waals surface area contributed by atoms with Crippen molar-refractivity contribution in [3.05, 3.63) is 28.2 Å². The zero-order valence-corrected chi connectivity index (χ0v) is 12.6. The number of carboxylic acid groups (broad SMARTS) is 1. The molecule has 0 aliphatic carbocycles. The number of rotatable bonds is 7. The molecule has 0 radical (unpaired) electrons. The van der Waals surface area contributed by atoms with Crippen molar-refractivity contribution in [1.29, 1.82) is 0 Å². The first-order valence-corrected chi connectivity index (χ1v) is 6.81. The summed E-state index contributed by atoms with van der Waals surface area (Å²) in [6.07, 6.45) is 8.23. The fraction of sp³-hybridized carbons (Fsp3) is 0.267. The van der Waals surface area contributed by atoms with Crippen LogP contribution < -0.4 is 9.47 Å². The summed E-state index contributed by atoms with van der Waals surface area (Å²) in [6, 6.07) is 3.48. The maximum Gasteiger partial charge on any atom is 0.328 e. The molecule has 20 heavy (non-hydrogen) atoms. The van der Waals surface area contributed by atoms with E-state index in [-0.39, 0.29) is 0 Å². The van der Waals surface area contributed by atoms with E-state index in [4.69, 9.17) is 21.0 Å². The van der Waals surface area contributed by atoms with Crippen LogP contribution in [-0.2, 0) is 4.79 Å². The van der Waals surface area contributed by atoms with Crippen LogP contribution in [0, 0.1) is 12.3 Å². The number of terminal acetylenes is 1. The molecule has 0 saturated carbocycles. The van der Waals surface area contributed by atoms with Crippen molar-refractivity contribution in [3.63, 3.8) is 0 Å². The lowest BCUT2D eigenvalue weighted by Gasteiger charge is -2.14. The standard InChI is InChI=1S/C15H15BrO4/c1-3-5-8-20-15-12(16)9-11(6-7-14(17)18)10-13(15)19-4-2/h1,6-7,9-10H,4-5,8H2,2H3,(H,17,18). The van der Waals surface area contributed by atoms with Gasteiger partial charge in [-0.15, -0.1) is 12.3 Å². The third-order valence-electron chi connectivity index (χ3n) is 2.24. The Hall–Kier alpha value is -1.93. The number of hydrogen-bond acceptors (Lipinski definition) is 3. The van der Waals surface area contributed by atoms with Gasteiger partial charge < -0.3 is 14.6 Å². The van der Waals surface area contributed by atoms with E-state index in [9.17, 15) is 4.79 Å². The van der Waals surface area contributed by atoms with E-state index in [0.717, 1.165) is 6.08 Å². The molecule has 1 aromatic rings. The molecule has 0 aliphatic rings. The van der Waals surface area contributed by atoms with Gasteiger partial charge in [-0.05, 0) is 46.6 Å². The number of aliphatic carboxylic acids is 1. The maximum atomic E-state index is 10.5. The molecule has 106 valence electrons. The molecule has 0 spiro atoms. The smallest absolute Gasteiger partial charge is 0.328 e. The van der Waals surface area contributed by atoms with Crippen LogP contribution in [0.25, 0.3) is 6.08 Å². The largest absolute Gasteiger partial charge is 0.490 e. The number of hydrogen-bond donors (Lipinski definition) is 1. The number of halogens is 1. The van der Waals surface area contributed by atoms with Gasteiger partial charge >= 0.3 is 5.97 Å². The molecule has 0 bridgehead atoms. The van der Waals surface area contributed by atoms with Crippen LogP contribution >= 0.6 is 15.9 Å². The lowest BCUT2D eigenvalue weighted by molar-refractivity contribution is -0.131. The molecule has 0 aliphatic heterocycles. The summed E-state index contributed by atoms with van der Waals surface area (Å²) in [6.45, 7) is 2.72. The van der Waals surface area contributed by atoms with Crippen molar-refractivity contribution < 1.29 is 19.4 Å². The third-order valence-corrected chi connectivity index (χ3v) is 2.83.